The molecule has 4 aromatic heterocycles. The number of furan rings is 1. The normalized spacial score (nSPS) is 12.2. The smallest absolute Gasteiger partial charge is 0.164 e. The fourth-order valence-corrected chi connectivity index (χ4v) is 11.1. The van der Waals surface area contributed by atoms with Crippen LogP contribution in [-0.4, -0.2) is 24.1 Å². The first-order chi connectivity index (χ1) is 37.1. The Bertz CT molecular complexity index is 4600. The molecule has 14 aromatic rings. The molecule has 0 bridgehead atoms. The van der Waals surface area contributed by atoms with Gasteiger partial charge >= 0.3 is 0 Å². The lowest BCUT2D eigenvalue weighted by Gasteiger charge is -2.10. The van der Waals surface area contributed by atoms with Crippen LogP contribution in [0.4, 0.5) is 0 Å². The highest BCUT2D eigenvalue weighted by Crippen LogP contribution is 2.42. The molecule has 6 heteroatoms. The molecule has 0 aliphatic heterocycles. The Morgan fingerprint density at radius 2 is 0.867 bits per heavy atom. The van der Waals surface area contributed by atoms with E-state index in [1.807, 2.05) is 62.4 Å². The van der Waals surface area contributed by atoms with Gasteiger partial charge in [-0.15, -0.1) is 0 Å². The first kappa shape index (κ1) is 43.8. The lowest BCUT2D eigenvalue weighted by Crippen LogP contribution is -2.02. The van der Waals surface area contributed by atoms with E-state index in [-0.39, 0.29) is 0 Å². The van der Waals surface area contributed by atoms with Crippen LogP contribution >= 0.6 is 0 Å². The maximum atomic E-state index is 6.62. The maximum Gasteiger partial charge on any atom is 0.164 e. The summed E-state index contributed by atoms with van der Waals surface area (Å²) in [7, 11) is 0. The van der Waals surface area contributed by atoms with E-state index in [1.54, 1.807) is 0 Å². The molecule has 6 nitrogen and oxygen atoms in total. The van der Waals surface area contributed by atoms with Crippen molar-refractivity contribution >= 4 is 71.1 Å². The number of para-hydroxylation sites is 3. The Hall–Kier alpha value is -9.91. The molecule has 4 heterocycles. The van der Waals surface area contributed by atoms with Gasteiger partial charge in [-0.05, 0) is 138 Å². The summed E-state index contributed by atoms with van der Waals surface area (Å²) in [4.78, 5) is 15.0. The van der Waals surface area contributed by atoms with Gasteiger partial charge in [-0.2, -0.15) is 0 Å². The molecule has 0 atom stereocenters. The summed E-state index contributed by atoms with van der Waals surface area (Å²) in [5, 5.41) is 6.97. The van der Waals surface area contributed by atoms with E-state index in [0.717, 1.165) is 83.3 Å². The van der Waals surface area contributed by atoms with Crippen molar-refractivity contribution in [2.24, 2.45) is 0 Å². The van der Waals surface area contributed by atoms with Gasteiger partial charge in [0.05, 0.1) is 22.1 Å². The van der Waals surface area contributed by atoms with Gasteiger partial charge in [-0.1, -0.05) is 158 Å². The number of benzene rings is 10. The van der Waals surface area contributed by atoms with Crippen molar-refractivity contribution < 1.29 is 4.42 Å². The Morgan fingerprint density at radius 1 is 0.373 bits per heavy atom. The zero-order valence-corrected chi connectivity index (χ0v) is 41.3. The summed E-state index contributed by atoms with van der Waals surface area (Å²) in [6.07, 6.45) is 6.08. The first-order valence-corrected chi connectivity index (χ1v) is 25.5. The van der Waals surface area contributed by atoms with E-state index in [2.05, 4.69) is 209 Å². The van der Waals surface area contributed by atoms with E-state index < -0.39 is 0 Å². The minimum atomic E-state index is 0.612. The van der Waals surface area contributed by atoms with Crippen LogP contribution in [0.5, 0.6) is 0 Å². The SMILES string of the molecule is C/C=C\C(=C/C)c1nc(-c2ccccc2)nc(-c2cccc(-c3cccc4oc5ccc(-c6ccc7c(c6)c6cc(-c8ccc9c(c8)c8ccccc8n9-c8ccccc8)ccc6n7-c6ccccc6)cc5c34)c2)n1. The van der Waals surface area contributed by atoms with Crippen LogP contribution in [0, 0.1) is 0 Å². The molecule has 0 fully saturated rings. The largest absolute Gasteiger partial charge is 0.456 e. The van der Waals surface area contributed by atoms with Crippen molar-refractivity contribution in [3.05, 3.63) is 255 Å². The van der Waals surface area contributed by atoms with Gasteiger partial charge in [0.15, 0.2) is 17.5 Å². The summed E-state index contributed by atoms with van der Waals surface area (Å²) >= 11 is 0. The Labute approximate surface area is 433 Å². The monoisotopic (exact) mass is 961 g/mol. The summed E-state index contributed by atoms with van der Waals surface area (Å²) in [5.74, 6) is 1.87. The van der Waals surface area contributed by atoms with Gasteiger partial charge in [-0.3, -0.25) is 0 Å². The number of hydrogen-bond acceptors (Lipinski definition) is 4. The van der Waals surface area contributed by atoms with Gasteiger partial charge in [0.1, 0.15) is 11.2 Å². The van der Waals surface area contributed by atoms with Crippen LogP contribution in [0.3, 0.4) is 0 Å². The highest BCUT2D eigenvalue weighted by Gasteiger charge is 2.20. The van der Waals surface area contributed by atoms with Gasteiger partial charge in [0.25, 0.3) is 0 Å². The summed E-state index contributed by atoms with van der Waals surface area (Å²) in [6.45, 7) is 4.01. The highest BCUT2D eigenvalue weighted by molar-refractivity contribution is 6.15. The molecule has 0 radical (unpaired) electrons. The minimum Gasteiger partial charge on any atom is -0.456 e. The third kappa shape index (κ3) is 7.45. The fraction of sp³-hybridized carbons (Fsp3) is 0.0290. The van der Waals surface area contributed by atoms with Crippen molar-refractivity contribution in [1.29, 1.82) is 0 Å². The molecule has 0 unspecified atom stereocenters. The van der Waals surface area contributed by atoms with E-state index in [0.29, 0.717) is 17.5 Å². The van der Waals surface area contributed by atoms with E-state index >= 15 is 0 Å². The quantitative estimate of drug-likeness (QED) is 0.135. The molecule has 0 spiro atoms. The van der Waals surface area contributed by atoms with Crippen molar-refractivity contribution in [3.63, 3.8) is 0 Å². The molecule has 0 aliphatic rings. The number of allylic oxidation sites excluding steroid dienone is 4. The van der Waals surface area contributed by atoms with Gasteiger partial charge < -0.3 is 13.6 Å². The number of hydrogen-bond donors (Lipinski definition) is 0. The second-order valence-corrected chi connectivity index (χ2v) is 19.0. The van der Waals surface area contributed by atoms with Gasteiger partial charge in [0.2, 0.25) is 0 Å². The summed E-state index contributed by atoms with van der Waals surface area (Å²) < 4.78 is 11.4. The number of nitrogens with zero attached hydrogens (tertiary/aromatic N) is 5. The first-order valence-electron chi connectivity index (χ1n) is 25.5. The lowest BCUT2D eigenvalue weighted by molar-refractivity contribution is 0.669. The zero-order chi connectivity index (χ0) is 50.0. The molecule has 0 aliphatic carbocycles. The molecule has 0 saturated carbocycles. The molecule has 0 N–H and O–H groups in total. The number of aromatic nitrogens is 5. The molecule has 0 amide bonds. The third-order valence-electron chi connectivity index (χ3n) is 14.6. The molecule has 0 saturated heterocycles. The number of fused-ring (bicyclic) bond motifs is 9. The molecule has 14 rings (SSSR count). The van der Waals surface area contributed by atoms with Gasteiger partial charge in [-0.25, -0.2) is 15.0 Å². The van der Waals surface area contributed by atoms with Crippen LogP contribution < -0.4 is 0 Å². The summed E-state index contributed by atoms with van der Waals surface area (Å²) in [5.41, 5.74) is 18.1. The van der Waals surface area contributed by atoms with E-state index in [1.165, 1.54) is 43.7 Å². The third-order valence-corrected chi connectivity index (χ3v) is 14.6. The topological polar surface area (TPSA) is 61.7 Å². The summed E-state index contributed by atoms with van der Waals surface area (Å²) in [6, 6.07) is 82.3. The van der Waals surface area contributed by atoms with E-state index in [9.17, 15) is 0 Å². The standard InChI is InChI=1S/C69H47N5O/c1-3-18-44(4-2)67-70-68(45-19-8-5-9-20-45)72-69(71-67)51-22-16-21-50(39-51)54-28-17-30-65-66(54)59-43-49(34-38-64(59)75-65)48-33-37-63-58(42-48)57-41-47(32-36-62(57)74(63)53-25-12-7-13-26-53)46-31-35-61-56(40-46)55-27-14-15-29-60(55)73(61)52-23-10-6-11-24-52/h3-43H,1-2H3/b18-3-,44-4+. The molecular weight excluding hydrogens is 915 g/mol. The number of rotatable bonds is 9. The predicted molar refractivity (Wildman–Crippen MR) is 311 cm³/mol. The minimum absolute atomic E-state index is 0.612. The van der Waals surface area contributed by atoms with Gasteiger partial charge in [0, 0.05) is 60.4 Å². The van der Waals surface area contributed by atoms with Crippen LogP contribution in [0.15, 0.2) is 253 Å². The van der Waals surface area contributed by atoms with Crippen LogP contribution in [0.25, 0.3) is 139 Å². The van der Waals surface area contributed by atoms with Crippen LogP contribution in [0.1, 0.15) is 19.7 Å². The zero-order valence-electron chi connectivity index (χ0n) is 41.3. The maximum absolute atomic E-state index is 6.62. The van der Waals surface area contributed by atoms with Crippen LogP contribution in [0.2, 0.25) is 0 Å². The predicted octanol–water partition coefficient (Wildman–Crippen LogP) is 18.3. The average molecular weight is 962 g/mol. The molecular formula is C69H47N5O. The van der Waals surface area contributed by atoms with Crippen molar-refractivity contribution in [1.82, 2.24) is 24.1 Å². The molecule has 10 aromatic carbocycles. The second kappa shape index (κ2) is 18.0. The average Bonchev–Trinajstić information content (AvgIpc) is 4.18. The molecule has 354 valence electrons. The van der Waals surface area contributed by atoms with Crippen LogP contribution in [-0.2, 0) is 0 Å². The van der Waals surface area contributed by atoms with Crippen molar-refractivity contribution in [2.45, 2.75) is 13.8 Å². The fourth-order valence-electron chi connectivity index (χ4n) is 11.1. The Morgan fingerprint density at radius 3 is 1.48 bits per heavy atom. The second-order valence-electron chi connectivity index (χ2n) is 19.0. The highest BCUT2D eigenvalue weighted by atomic mass is 16.3. The van der Waals surface area contributed by atoms with Crippen molar-refractivity contribution in [2.75, 3.05) is 0 Å². The molecule has 75 heavy (non-hydrogen) atoms. The van der Waals surface area contributed by atoms with Crippen molar-refractivity contribution in [3.8, 4) is 67.5 Å². The Kier molecular flexibility index (Phi) is 10.5. The lowest BCUT2D eigenvalue weighted by atomic mass is 9.95. The van der Waals surface area contributed by atoms with E-state index in [4.69, 9.17) is 19.4 Å². The Balaban J connectivity index is 0.893.